The first kappa shape index (κ1) is 14.7. The molecule has 1 saturated heterocycles. The number of amides is 2. The van der Waals surface area contributed by atoms with Gasteiger partial charge in [0.15, 0.2) is 0 Å². The van der Waals surface area contributed by atoms with Gasteiger partial charge in [-0.3, -0.25) is 9.59 Å². The molecule has 0 aromatic heterocycles. The highest BCUT2D eigenvalue weighted by Crippen LogP contribution is 2.27. The van der Waals surface area contributed by atoms with Crippen molar-refractivity contribution in [1.29, 1.82) is 0 Å². The Morgan fingerprint density at radius 3 is 2.71 bits per heavy atom. The molecule has 1 aliphatic carbocycles. The van der Waals surface area contributed by atoms with Gasteiger partial charge in [0.1, 0.15) is 6.04 Å². The Balaban J connectivity index is 1.74. The lowest BCUT2D eigenvalue weighted by atomic mass is 10.1. The van der Waals surface area contributed by atoms with Crippen molar-refractivity contribution >= 4 is 35.0 Å². The van der Waals surface area contributed by atoms with Crippen molar-refractivity contribution in [3.05, 3.63) is 33.8 Å². The fraction of sp³-hybridized carbons (Fsp3) is 0.467. The smallest absolute Gasteiger partial charge is 0.243 e. The molecule has 2 fully saturated rings. The standard InChI is InChI=1S/C15H16Cl2N2O2/c16-10-2-1-9(12(17)7-10)8-19-13(5-6-14(19)20)15(21)18-11-3-4-11/h1-2,7,11,13H,3-6,8H2,(H,18,21)/t13-/m0/s1. The van der Waals surface area contributed by atoms with Crippen LogP contribution in [0.2, 0.25) is 10.0 Å². The van der Waals surface area contributed by atoms with E-state index < -0.39 is 0 Å². The van der Waals surface area contributed by atoms with Crippen molar-refractivity contribution < 1.29 is 9.59 Å². The van der Waals surface area contributed by atoms with E-state index in [0.29, 0.717) is 35.5 Å². The van der Waals surface area contributed by atoms with Gasteiger partial charge in [-0.15, -0.1) is 0 Å². The van der Waals surface area contributed by atoms with Crippen LogP contribution < -0.4 is 5.32 Å². The zero-order valence-corrected chi connectivity index (χ0v) is 13.0. The van der Waals surface area contributed by atoms with Crippen molar-refractivity contribution in [2.45, 2.75) is 44.3 Å². The van der Waals surface area contributed by atoms with Crippen LogP contribution in [0.25, 0.3) is 0 Å². The highest BCUT2D eigenvalue weighted by Gasteiger charge is 2.38. The number of carbonyl (C=O) groups excluding carboxylic acids is 2. The predicted molar refractivity (Wildman–Crippen MR) is 81.2 cm³/mol. The maximum atomic E-state index is 12.2. The zero-order chi connectivity index (χ0) is 15.0. The molecule has 0 radical (unpaired) electrons. The minimum Gasteiger partial charge on any atom is -0.352 e. The second-order valence-electron chi connectivity index (χ2n) is 5.59. The molecule has 3 rings (SSSR count). The molecular weight excluding hydrogens is 311 g/mol. The Labute approximate surface area is 133 Å². The van der Waals surface area contributed by atoms with E-state index in [1.165, 1.54) is 0 Å². The van der Waals surface area contributed by atoms with Gasteiger partial charge in [0.25, 0.3) is 0 Å². The fourth-order valence-electron chi connectivity index (χ4n) is 2.56. The van der Waals surface area contributed by atoms with E-state index in [9.17, 15) is 9.59 Å². The number of hydrogen-bond donors (Lipinski definition) is 1. The third-order valence-electron chi connectivity index (χ3n) is 3.91. The van der Waals surface area contributed by atoms with E-state index >= 15 is 0 Å². The van der Waals surface area contributed by atoms with Crippen LogP contribution in [0.5, 0.6) is 0 Å². The second kappa shape index (κ2) is 5.85. The number of likely N-dealkylation sites (tertiary alicyclic amines) is 1. The van der Waals surface area contributed by atoms with Gasteiger partial charge in [0, 0.05) is 29.1 Å². The Hall–Kier alpha value is -1.26. The lowest BCUT2D eigenvalue weighted by molar-refractivity contribution is -0.135. The number of nitrogens with one attached hydrogen (secondary N) is 1. The molecule has 112 valence electrons. The molecule has 1 heterocycles. The maximum Gasteiger partial charge on any atom is 0.243 e. The van der Waals surface area contributed by atoms with Gasteiger partial charge in [-0.05, 0) is 37.0 Å². The summed E-state index contributed by atoms with van der Waals surface area (Å²) < 4.78 is 0. The number of carbonyl (C=O) groups is 2. The molecule has 1 aliphatic heterocycles. The van der Waals surface area contributed by atoms with Crippen LogP contribution in [-0.2, 0) is 16.1 Å². The minimum atomic E-state index is -0.384. The second-order valence-corrected chi connectivity index (χ2v) is 6.44. The topological polar surface area (TPSA) is 49.4 Å². The summed E-state index contributed by atoms with van der Waals surface area (Å²) in [4.78, 5) is 25.9. The third kappa shape index (κ3) is 3.33. The van der Waals surface area contributed by atoms with E-state index in [1.807, 2.05) is 0 Å². The average Bonchev–Trinajstić information content (AvgIpc) is 3.16. The largest absolute Gasteiger partial charge is 0.352 e. The maximum absolute atomic E-state index is 12.2. The van der Waals surface area contributed by atoms with Crippen LogP contribution in [0.1, 0.15) is 31.2 Å². The Bertz CT molecular complexity index is 587. The number of hydrogen-bond acceptors (Lipinski definition) is 2. The molecule has 21 heavy (non-hydrogen) atoms. The van der Waals surface area contributed by atoms with Crippen molar-refractivity contribution in [2.75, 3.05) is 0 Å². The molecule has 0 bridgehead atoms. The predicted octanol–water partition coefficient (Wildman–Crippen LogP) is 2.76. The number of rotatable bonds is 4. The normalized spacial score (nSPS) is 21.7. The van der Waals surface area contributed by atoms with Crippen LogP contribution in [0.15, 0.2) is 18.2 Å². The minimum absolute atomic E-state index is 0.00281. The van der Waals surface area contributed by atoms with Gasteiger partial charge < -0.3 is 10.2 Å². The fourth-order valence-corrected chi connectivity index (χ4v) is 3.03. The van der Waals surface area contributed by atoms with Gasteiger partial charge in [0.05, 0.1) is 0 Å². The number of benzene rings is 1. The van der Waals surface area contributed by atoms with E-state index in [0.717, 1.165) is 18.4 Å². The van der Waals surface area contributed by atoms with Gasteiger partial charge in [-0.1, -0.05) is 29.3 Å². The third-order valence-corrected chi connectivity index (χ3v) is 4.50. The first-order valence-electron chi connectivity index (χ1n) is 7.08. The van der Waals surface area contributed by atoms with E-state index in [1.54, 1.807) is 23.1 Å². The van der Waals surface area contributed by atoms with Crippen LogP contribution in [0.4, 0.5) is 0 Å². The van der Waals surface area contributed by atoms with E-state index in [2.05, 4.69) is 5.32 Å². The molecule has 0 unspecified atom stereocenters. The Morgan fingerprint density at radius 2 is 2.05 bits per heavy atom. The first-order valence-corrected chi connectivity index (χ1v) is 7.84. The first-order chi connectivity index (χ1) is 10.0. The monoisotopic (exact) mass is 326 g/mol. The van der Waals surface area contributed by atoms with Crippen LogP contribution in [0, 0.1) is 0 Å². The van der Waals surface area contributed by atoms with Crippen LogP contribution in [-0.4, -0.2) is 28.8 Å². The lowest BCUT2D eigenvalue weighted by Crippen LogP contribution is -2.45. The van der Waals surface area contributed by atoms with Crippen molar-refractivity contribution in [3.63, 3.8) is 0 Å². The van der Waals surface area contributed by atoms with Gasteiger partial charge >= 0.3 is 0 Å². The summed E-state index contributed by atoms with van der Waals surface area (Å²) in [5.74, 6) is -0.0506. The summed E-state index contributed by atoms with van der Waals surface area (Å²) in [7, 11) is 0. The summed E-state index contributed by atoms with van der Waals surface area (Å²) in [5, 5.41) is 4.04. The molecule has 1 atom stereocenters. The number of nitrogens with zero attached hydrogens (tertiary/aromatic N) is 1. The number of halogens is 2. The summed E-state index contributed by atoms with van der Waals surface area (Å²) in [5.41, 5.74) is 0.806. The molecular formula is C15H16Cl2N2O2. The van der Waals surface area contributed by atoms with Crippen LogP contribution >= 0.6 is 23.2 Å². The molecule has 1 aromatic carbocycles. The molecule has 2 aliphatic rings. The van der Waals surface area contributed by atoms with Gasteiger partial charge in [-0.2, -0.15) is 0 Å². The summed E-state index contributed by atoms with van der Waals surface area (Å²) >= 11 is 12.0. The quantitative estimate of drug-likeness (QED) is 0.924. The Morgan fingerprint density at radius 1 is 1.29 bits per heavy atom. The van der Waals surface area contributed by atoms with Gasteiger partial charge in [0.2, 0.25) is 11.8 Å². The molecule has 1 saturated carbocycles. The zero-order valence-electron chi connectivity index (χ0n) is 11.4. The molecule has 1 aromatic rings. The van der Waals surface area contributed by atoms with Gasteiger partial charge in [-0.25, -0.2) is 0 Å². The summed E-state index contributed by atoms with van der Waals surface area (Å²) in [6.45, 7) is 0.345. The summed E-state index contributed by atoms with van der Waals surface area (Å²) in [6.07, 6.45) is 3.06. The molecule has 6 heteroatoms. The highest BCUT2D eigenvalue weighted by molar-refractivity contribution is 6.35. The molecule has 0 spiro atoms. The van der Waals surface area contributed by atoms with E-state index in [-0.39, 0.29) is 17.9 Å². The molecule has 1 N–H and O–H groups in total. The highest BCUT2D eigenvalue weighted by atomic mass is 35.5. The molecule has 2 amide bonds. The SMILES string of the molecule is O=C(NC1CC1)[C@@H]1CCC(=O)N1Cc1ccc(Cl)cc1Cl. The molecule has 4 nitrogen and oxygen atoms in total. The Kier molecular flexibility index (Phi) is 4.09. The summed E-state index contributed by atoms with van der Waals surface area (Å²) in [6, 6.07) is 5.10. The average molecular weight is 327 g/mol. The van der Waals surface area contributed by atoms with E-state index in [4.69, 9.17) is 23.2 Å². The van der Waals surface area contributed by atoms with Crippen molar-refractivity contribution in [3.8, 4) is 0 Å². The lowest BCUT2D eigenvalue weighted by Gasteiger charge is -2.24. The van der Waals surface area contributed by atoms with Crippen molar-refractivity contribution in [2.24, 2.45) is 0 Å². The van der Waals surface area contributed by atoms with Crippen LogP contribution in [0.3, 0.4) is 0 Å². The van der Waals surface area contributed by atoms with Crippen molar-refractivity contribution in [1.82, 2.24) is 10.2 Å².